The number of rotatable bonds is 6. The fraction of sp³-hybridized carbons (Fsp3) is 0.476. The van der Waals surface area contributed by atoms with Crippen LogP contribution in [0.25, 0.3) is 5.69 Å². The number of benzene rings is 1. The smallest absolute Gasteiger partial charge is 0.229 e. The van der Waals surface area contributed by atoms with Crippen LogP contribution >= 0.6 is 0 Å². The van der Waals surface area contributed by atoms with E-state index in [0.717, 1.165) is 19.0 Å². The zero-order valence-electron chi connectivity index (χ0n) is 17.9. The molecular formula is C21H25F2N9. The number of piperidine rings is 1. The summed E-state index contributed by atoms with van der Waals surface area (Å²) in [6, 6.07) is 6.08. The lowest BCUT2D eigenvalue weighted by molar-refractivity contribution is 0.0877. The highest BCUT2D eigenvalue weighted by atomic mass is 19.1. The monoisotopic (exact) mass is 441 g/mol. The van der Waals surface area contributed by atoms with Gasteiger partial charge >= 0.3 is 0 Å². The topological polar surface area (TPSA) is 96.7 Å². The lowest BCUT2D eigenvalue weighted by atomic mass is 9.92. The fourth-order valence-electron chi connectivity index (χ4n) is 4.70. The summed E-state index contributed by atoms with van der Waals surface area (Å²) in [5.74, 6) is -0.616. The molecule has 2 aliphatic rings. The molecule has 2 fully saturated rings. The molecule has 3 heterocycles. The highest BCUT2D eigenvalue weighted by Gasteiger charge is 2.40. The minimum Gasteiger partial charge on any atom is -0.365 e. The number of hydrogen-bond acceptors (Lipinski definition) is 8. The normalized spacial score (nSPS) is 23.8. The van der Waals surface area contributed by atoms with E-state index in [-0.39, 0.29) is 23.5 Å². The Bertz CT molecular complexity index is 1070. The van der Waals surface area contributed by atoms with Gasteiger partial charge in [0.15, 0.2) is 11.6 Å². The molecule has 3 aromatic rings. The second-order valence-electron chi connectivity index (χ2n) is 8.62. The minimum absolute atomic E-state index is 0.129. The Labute approximate surface area is 184 Å². The third-order valence-electron chi connectivity index (χ3n) is 6.12. The van der Waals surface area contributed by atoms with E-state index in [2.05, 4.69) is 54.9 Å². The quantitative estimate of drug-likeness (QED) is 0.602. The van der Waals surface area contributed by atoms with Gasteiger partial charge < -0.3 is 10.6 Å². The number of nitrogens with one attached hydrogen (secondary N) is 2. The van der Waals surface area contributed by atoms with Gasteiger partial charge in [-0.1, -0.05) is 0 Å². The van der Waals surface area contributed by atoms with Crippen molar-refractivity contribution in [1.29, 1.82) is 0 Å². The number of likely N-dealkylation sites (tertiary alicyclic amines) is 1. The van der Waals surface area contributed by atoms with E-state index in [9.17, 15) is 8.78 Å². The molecule has 2 unspecified atom stereocenters. The van der Waals surface area contributed by atoms with E-state index in [4.69, 9.17) is 0 Å². The molecule has 1 aromatic carbocycles. The second-order valence-corrected chi connectivity index (χ2v) is 8.62. The number of tetrazole rings is 1. The van der Waals surface area contributed by atoms with Gasteiger partial charge in [0.2, 0.25) is 5.95 Å². The van der Waals surface area contributed by atoms with Crippen molar-refractivity contribution in [3.8, 4) is 5.69 Å². The molecule has 2 aromatic heterocycles. The highest BCUT2D eigenvalue weighted by Crippen LogP contribution is 2.36. The first-order valence-corrected chi connectivity index (χ1v) is 10.8. The predicted molar refractivity (Wildman–Crippen MR) is 115 cm³/mol. The largest absolute Gasteiger partial charge is 0.365 e. The standard InChI is InChI=1S/C21H25F2N9/c1-12-7-15(8-13(2)32(12)16-4-5-16)26-20-18(23)10-24-21(28-20)27-14-3-6-17(22)19(9-14)31-11-25-29-30-31/h3,6,9-13,15-16H,4-5,7-8H2,1-2H3,(H2,24,26,27,28). The van der Waals surface area contributed by atoms with Gasteiger partial charge in [-0.25, -0.2) is 13.8 Å². The molecule has 5 rings (SSSR count). The van der Waals surface area contributed by atoms with Crippen LogP contribution < -0.4 is 10.6 Å². The van der Waals surface area contributed by atoms with Crippen LogP contribution in [0.15, 0.2) is 30.7 Å². The lowest BCUT2D eigenvalue weighted by Gasteiger charge is -2.43. The van der Waals surface area contributed by atoms with E-state index in [1.165, 1.54) is 36.0 Å². The molecule has 2 N–H and O–H groups in total. The average Bonchev–Trinajstić information content (AvgIpc) is 3.43. The summed E-state index contributed by atoms with van der Waals surface area (Å²) in [7, 11) is 0. The van der Waals surface area contributed by atoms with Crippen LogP contribution in [-0.2, 0) is 0 Å². The van der Waals surface area contributed by atoms with Gasteiger partial charge in [-0.15, -0.1) is 5.10 Å². The number of halogens is 2. The molecule has 1 saturated heterocycles. The summed E-state index contributed by atoms with van der Waals surface area (Å²) in [6.07, 6.45) is 6.85. The Morgan fingerprint density at radius 2 is 1.84 bits per heavy atom. The van der Waals surface area contributed by atoms with E-state index in [1.807, 2.05) is 0 Å². The Kier molecular flexibility index (Phi) is 5.41. The minimum atomic E-state index is -0.506. The maximum atomic E-state index is 14.5. The summed E-state index contributed by atoms with van der Waals surface area (Å²) in [5.41, 5.74) is 0.695. The van der Waals surface area contributed by atoms with Crippen LogP contribution in [0, 0.1) is 11.6 Å². The predicted octanol–water partition coefficient (Wildman–Crippen LogP) is 3.29. The van der Waals surface area contributed by atoms with Crippen molar-refractivity contribution in [3.05, 3.63) is 42.4 Å². The highest BCUT2D eigenvalue weighted by molar-refractivity contribution is 5.58. The SMILES string of the molecule is CC1CC(Nc2nc(Nc3ccc(F)c(-n4cnnn4)c3)ncc2F)CC(C)N1C1CC1. The third-order valence-corrected chi connectivity index (χ3v) is 6.12. The Morgan fingerprint density at radius 3 is 2.53 bits per heavy atom. The summed E-state index contributed by atoms with van der Waals surface area (Å²) < 4.78 is 29.8. The average molecular weight is 441 g/mol. The van der Waals surface area contributed by atoms with E-state index >= 15 is 0 Å². The summed E-state index contributed by atoms with van der Waals surface area (Å²) in [6.45, 7) is 4.48. The maximum absolute atomic E-state index is 14.5. The zero-order chi connectivity index (χ0) is 22.2. The molecule has 11 heteroatoms. The number of aromatic nitrogens is 6. The molecule has 32 heavy (non-hydrogen) atoms. The van der Waals surface area contributed by atoms with Gasteiger partial charge in [-0.3, -0.25) is 4.90 Å². The van der Waals surface area contributed by atoms with Crippen molar-refractivity contribution < 1.29 is 8.78 Å². The molecule has 1 aliphatic carbocycles. The number of hydrogen-bond donors (Lipinski definition) is 2. The van der Waals surface area contributed by atoms with Gasteiger partial charge in [-0.2, -0.15) is 9.67 Å². The second kappa shape index (κ2) is 8.38. The zero-order valence-corrected chi connectivity index (χ0v) is 17.9. The van der Waals surface area contributed by atoms with Crippen LogP contribution in [0.2, 0.25) is 0 Å². The van der Waals surface area contributed by atoms with Crippen LogP contribution in [-0.4, -0.2) is 59.2 Å². The van der Waals surface area contributed by atoms with Crippen LogP contribution in [0.1, 0.15) is 39.5 Å². The van der Waals surface area contributed by atoms with Crippen molar-refractivity contribution in [2.75, 3.05) is 10.6 Å². The van der Waals surface area contributed by atoms with E-state index < -0.39 is 11.6 Å². The molecule has 0 amide bonds. The van der Waals surface area contributed by atoms with Gasteiger partial charge in [0, 0.05) is 29.9 Å². The molecule has 2 atom stereocenters. The molecule has 9 nitrogen and oxygen atoms in total. The number of nitrogens with zero attached hydrogens (tertiary/aromatic N) is 7. The Morgan fingerprint density at radius 1 is 1.06 bits per heavy atom. The molecule has 168 valence electrons. The van der Waals surface area contributed by atoms with Gasteiger partial charge in [-0.05, 0) is 68.2 Å². The van der Waals surface area contributed by atoms with Crippen molar-refractivity contribution in [2.24, 2.45) is 0 Å². The summed E-state index contributed by atoms with van der Waals surface area (Å²) in [5, 5.41) is 17.0. The fourth-order valence-corrected chi connectivity index (χ4v) is 4.70. The molecule has 0 radical (unpaired) electrons. The van der Waals surface area contributed by atoms with Crippen LogP contribution in [0.3, 0.4) is 0 Å². The van der Waals surface area contributed by atoms with Crippen LogP contribution in [0.5, 0.6) is 0 Å². The lowest BCUT2D eigenvalue weighted by Crippen LogP contribution is -2.51. The van der Waals surface area contributed by atoms with Gasteiger partial charge in [0.25, 0.3) is 0 Å². The Hall–Kier alpha value is -3.21. The van der Waals surface area contributed by atoms with Crippen molar-refractivity contribution in [2.45, 2.75) is 63.7 Å². The van der Waals surface area contributed by atoms with E-state index in [0.29, 0.717) is 23.8 Å². The molecule has 1 aliphatic heterocycles. The molecule has 0 bridgehead atoms. The van der Waals surface area contributed by atoms with Gasteiger partial charge in [0.05, 0.1) is 6.20 Å². The first-order chi connectivity index (χ1) is 15.5. The summed E-state index contributed by atoms with van der Waals surface area (Å²) in [4.78, 5) is 11.0. The van der Waals surface area contributed by atoms with Crippen molar-refractivity contribution in [1.82, 2.24) is 35.1 Å². The van der Waals surface area contributed by atoms with Crippen molar-refractivity contribution >= 4 is 17.5 Å². The van der Waals surface area contributed by atoms with Gasteiger partial charge in [0.1, 0.15) is 17.8 Å². The summed E-state index contributed by atoms with van der Waals surface area (Å²) >= 11 is 0. The molecule has 0 spiro atoms. The first kappa shape index (κ1) is 20.7. The third kappa shape index (κ3) is 4.24. The molecule has 1 saturated carbocycles. The maximum Gasteiger partial charge on any atom is 0.229 e. The number of anilines is 3. The van der Waals surface area contributed by atoms with Crippen molar-refractivity contribution in [3.63, 3.8) is 0 Å². The first-order valence-electron chi connectivity index (χ1n) is 10.8. The van der Waals surface area contributed by atoms with E-state index in [1.54, 1.807) is 6.07 Å². The molecular weight excluding hydrogens is 416 g/mol. The van der Waals surface area contributed by atoms with Crippen LogP contribution in [0.4, 0.5) is 26.2 Å². The Balaban J connectivity index is 1.31.